The molecule has 0 bridgehead atoms. The third-order valence-corrected chi connectivity index (χ3v) is 15.5. The lowest BCUT2D eigenvalue weighted by Gasteiger charge is -2.42. The van der Waals surface area contributed by atoms with E-state index in [1.165, 1.54) is 82.8 Å². The molecule has 1 aromatic heterocycles. The number of aryl methyl sites for hydroxylation is 3. The molecule has 0 atom stereocenters. The van der Waals surface area contributed by atoms with Gasteiger partial charge in [0, 0.05) is 46.1 Å². The molecule has 362 valence electrons. The maximum Gasteiger partial charge on any atom is 0.256 e. The van der Waals surface area contributed by atoms with Crippen molar-refractivity contribution in [2.24, 2.45) is 7.05 Å². The topological polar surface area (TPSA) is 20.6 Å². The molecule has 0 aliphatic carbocycles. The largest absolute Gasteiger partial charge is 0.458 e. The zero-order valence-electron chi connectivity index (χ0n) is 45.3. The van der Waals surface area contributed by atoms with E-state index in [-0.39, 0.29) is 28.4 Å². The van der Waals surface area contributed by atoms with Gasteiger partial charge >= 0.3 is 0 Å². The van der Waals surface area contributed by atoms with Crippen LogP contribution in [0.4, 0.5) is 34.1 Å². The fraction of sp³-hybridized carbons (Fsp3) is 0.284. The van der Waals surface area contributed by atoms with E-state index in [4.69, 9.17) is 4.74 Å². The number of fused-ring (bicyclic) bond motifs is 8. The van der Waals surface area contributed by atoms with Gasteiger partial charge in [0.2, 0.25) is 0 Å². The first-order valence-corrected chi connectivity index (χ1v) is 26.0. The summed E-state index contributed by atoms with van der Waals surface area (Å²) in [6.45, 7) is 31.9. The smallest absolute Gasteiger partial charge is 0.256 e. The molecular formula is C67H70BN3O. The molecule has 4 nitrogen and oxygen atoms in total. The number of nitrogens with zero attached hydrogens (tertiary/aromatic N) is 3. The van der Waals surface area contributed by atoms with E-state index >= 15 is 0 Å². The van der Waals surface area contributed by atoms with Gasteiger partial charge in [0.1, 0.15) is 11.5 Å². The summed E-state index contributed by atoms with van der Waals surface area (Å²) >= 11 is 0. The molecule has 72 heavy (non-hydrogen) atoms. The van der Waals surface area contributed by atoms with Gasteiger partial charge in [0.15, 0.2) is 0 Å². The van der Waals surface area contributed by atoms with Crippen molar-refractivity contribution in [1.29, 1.82) is 0 Å². The minimum Gasteiger partial charge on any atom is -0.458 e. The number of aromatic nitrogens is 1. The first-order valence-electron chi connectivity index (χ1n) is 26.0. The molecule has 8 aromatic carbocycles. The molecule has 11 rings (SSSR count). The summed E-state index contributed by atoms with van der Waals surface area (Å²) in [4.78, 5) is 5.11. The van der Waals surface area contributed by atoms with Gasteiger partial charge < -0.3 is 19.1 Å². The Labute approximate surface area is 429 Å². The van der Waals surface area contributed by atoms with Crippen molar-refractivity contribution < 1.29 is 4.74 Å². The highest BCUT2D eigenvalue weighted by Crippen LogP contribution is 2.51. The van der Waals surface area contributed by atoms with Crippen LogP contribution in [0.5, 0.6) is 11.5 Å². The van der Waals surface area contributed by atoms with E-state index in [2.05, 4.69) is 270 Å². The summed E-state index contributed by atoms with van der Waals surface area (Å²) in [6.07, 6.45) is 0. The van der Waals surface area contributed by atoms with Gasteiger partial charge in [-0.1, -0.05) is 179 Å². The van der Waals surface area contributed by atoms with Crippen molar-refractivity contribution in [2.75, 3.05) is 9.80 Å². The van der Waals surface area contributed by atoms with Crippen LogP contribution in [0.3, 0.4) is 0 Å². The predicted octanol–water partition coefficient (Wildman–Crippen LogP) is 16.7. The second-order valence-corrected chi connectivity index (χ2v) is 25.0. The standard InChI is InChI=1S/C67H70BN3O/c1-41-34-42(2)36-43(35-41)44-37-57-61-59(38-44)72-58-33-26-48(67(12,13)14)39-53(58)68(61)54-40-56(70(49-27-20-45(21-28-49)64(3,4)5)50-29-22-46(23-30-50)65(6,7)8)60-52-18-16-17-19-55(52)69(15)63(60)62(54)71(57)51-31-24-47(25-32-51)66(9,10)11/h16-40H,1-15H3. The molecule has 9 aromatic rings. The first kappa shape index (κ1) is 47.4. The lowest BCUT2D eigenvalue weighted by Crippen LogP contribution is -2.60. The van der Waals surface area contributed by atoms with Crippen molar-refractivity contribution in [3.05, 3.63) is 185 Å². The first-order chi connectivity index (χ1) is 34.0. The second-order valence-electron chi connectivity index (χ2n) is 25.0. The molecule has 0 spiro atoms. The molecule has 0 amide bonds. The number of anilines is 6. The Hall–Kier alpha value is -6.98. The molecular weight excluding hydrogens is 874 g/mol. The van der Waals surface area contributed by atoms with Crippen LogP contribution in [0.15, 0.2) is 152 Å². The molecule has 2 aliphatic rings. The van der Waals surface area contributed by atoms with Crippen LogP contribution in [0.2, 0.25) is 0 Å². The van der Waals surface area contributed by atoms with E-state index in [0.717, 1.165) is 45.5 Å². The van der Waals surface area contributed by atoms with E-state index in [9.17, 15) is 0 Å². The molecule has 0 saturated heterocycles. The van der Waals surface area contributed by atoms with Gasteiger partial charge in [-0.15, -0.1) is 0 Å². The monoisotopic (exact) mass is 944 g/mol. The lowest BCUT2D eigenvalue weighted by atomic mass is 9.33. The number of benzene rings is 8. The average Bonchev–Trinajstić information content (AvgIpc) is 3.62. The van der Waals surface area contributed by atoms with Crippen molar-refractivity contribution >= 4 is 79.0 Å². The zero-order valence-corrected chi connectivity index (χ0v) is 45.3. The zero-order chi connectivity index (χ0) is 51.0. The maximum atomic E-state index is 7.29. The van der Waals surface area contributed by atoms with E-state index in [0.29, 0.717) is 0 Å². The van der Waals surface area contributed by atoms with Crippen molar-refractivity contribution in [3.63, 3.8) is 0 Å². The summed E-state index contributed by atoms with van der Waals surface area (Å²) < 4.78 is 9.76. The highest BCUT2D eigenvalue weighted by atomic mass is 16.5. The molecule has 5 heteroatoms. The summed E-state index contributed by atoms with van der Waals surface area (Å²) in [5.74, 6) is 1.81. The van der Waals surface area contributed by atoms with Crippen LogP contribution in [0.1, 0.15) is 116 Å². The third-order valence-electron chi connectivity index (χ3n) is 15.5. The summed E-state index contributed by atoms with van der Waals surface area (Å²) in [7, 11) is 2.28. The Bertz CT molecular complexity index is 3530. The van der Waals surface area contributed by atoms with Gasteiger partial charge in [-0.05, 0) is 152 Å². The normalized spacial score (nSPS) is 13.5. The van der Waals surface area contributed by atoms with E-state index in [1.807, 2.05) is 0 Å². The highest BCUT2D eigenvalue weighted by molar-refractivity contribution is 6.99. The van der Waals surface area contributed by atoms with Crippen molar-refractivity contribution in [2.45, 2.75) is 119 Å². The van der Waals surface area contributed by atoms with Crippen LogP contribution < -0.4 is 30.9 Å². The molecule has 0 fully saturated rings. The predicted molar refractivity (Wildman–Crippen MR) is 311 cm³/mol. The minimum absolute atomic E-state index is 0.00641. The van der Waals surface area contributed by atoms with Crippen LogP contribution in [0.25, 0.3) is 32.9 Å². The van der Waals surface area contributed by atoms with Gasteiger partial charge in [-0.25, -0.2) is 0 Å². The summed E-state index contributed by atoms with van der Waals surface area (Å²) in [6, 6.07) is 58.2. The average molecular weight is 944 g/mol. The number of ether oxygens (including phenoxy) is 1. The number of hydrogen-bond acceptors (Lipinski definition) is 3. The molecule has 0 N–H and O–H groups in total. The molecule has 0 radical (unpaired) electrons. The fourth-order valence-electron chi connectivity index (χ4n) is 11.5. The number of para-hydroxylation sites is 1. The third kappa shape index (κ3) is 7.91. The van der Waals surface area contributed by atoms with Gasteiger partial charge in [0.05, 0.1) is 16.9 Å². The summed E-state index contributed by atoms with van der Waals surface area (Å²) in [5, 5.41) is 2.43. The summed E-state index contributed by atoms with van der Waals surface area (Å²) in [5.41, 5.74) is 22.8. The lowest BCUT2D eigenvalue weighted by molar-refractivity contribution is 0.486. The molecule has 2 aliphatic heterocycles. The Morgan fingerprint density at radius 3 is 1.56 bits per heavy atom. The van der Waals surface area contributed by atoms with Crippen LogP contribution in [-0.4, -0.2) is 11.3 Å². The van der Waals surface area contributed by atoms with Crippen molar-refractivity contribution in [1.82, 2.24) is 4.57 Å². The Morgan fingerprint density at radius 2 is 1.00 bits per heavy atom. The minimum atomic E-state index is -0.149. The van der Waals surface area contributed by atoms with E-state index in [1.54, 1.807) is 0 Å². The van der Waals surface area contributed by atoms with Gasteiger partial charge in [-0.3, -0.25) is 0 Å². The number of rotatable bonds is 5. The molecule has 0 unspecified atom stereocenters. The quantitative estimate of drug-likeness (QED) is 0.160. The highest BCUT2D eigenvalue weighted by Gasteiger charge is 2.45. The maximum absolute atomic E-state index is 7.29. The molecule has 0 saturated carbocycles. The second kappa shape index (κ2) is 16.5. The Kier molecular flexibility index (Phi) is 10.9. The van der Waals surface area contributed by atoms with Crippen LogP contribution >= 0.6 is 0 Å². The van der Waals surface area contributed by atoms with Crippen LogP contribution in [-0.2, 0) is 28.7 Å². The van der Waals surface area contributed by atoms with Crippen molar-refractivity contribution in [3.8, 4) is 22.6 Å². The Morgan fingerprint density at radius 1 is 0.486 bits per heavy atom. The van der Waals surface area contributed by atoms with Gasteiger partial charge in [-0.2, -0.15) is 0 Å². The van der Waals surface area contributed by atoms with E-state index < -0.39 is 0 Å². The number of hydrogen-bond donors (Lipinski definition) is 0. The Balaban J connectivity index is 1.31. The SMILES string of the molecule is Cc1cc(C)cc(-c2cc3c4c(c2)N(c2ccc(C(C)(C)C)cc2)c2c(cc(N(c5ccc(C(C)(C)C)cc5)c5ccc(C(C)(C)C)cc5)c5c6ccccc6n(C)c25)B4c2cc(C(C)(C)C)ccc2O3)c1. The van der Waals surface area contributed by atoms with Crippen LogP contribution in [0, 0.1) is 13.8 Å². The fourth-order valence-corrected chi connectivity index (χ4v) is 11.5. The van der Waals surface area contributed by atoms with Gasteiger partial charge in [0.25, 0.3) is 6.71 Å². The molecule has 3 heterocycles.